The second-order valence-corrected chi connectivity index (χ2v) is 15.8. The Labute approximate surface area is 331 Å². The van der Waals surface area contributed by atoms with Gasteiger partial charge in [-0.3, -0.25) is 0 Å². The molecule has 0 fully saturated rings. The molecule has 0 amide bonds. The summed E-state index contributed by atoms with van der Waals surface area (Å²) in [6.07, 6.45) is 0. The lowest BCUT2D eigenvalue weighted by atomic mass is 9.89. The Morgan fingerprint density at radius 1 is 0.304 bits per heavy atom. The van der Waals surface area contributed by atoms with Gasteiger partial charge < -0.3 is 0 Å². The van der Waals surface area contributed by atoms with Gasteiger partial charge in [-0.2, -0.15) is 0 Å². The van der Waals surface area contributed by atoms with Crippen molar-refractivity contribution >= 4 is 63.3 Å². The van der Waals surface area contributed by atoms with Crippen LogP contribution in [0.25, 0.3) is 108 Å². The van der Waals surface area contributed by atoms with Gasteiger partial charge in [-0.05, 0) is 40.5 Å². The minimum absolute atomic E-state index is 0.724. The van der Waals surface area contributed by atoms with E-state index in [0.29, 0.717) is 0 Å². The van der Waals surface area contributed by atoms with E-state index in [0.717, 1.165) is 88.0 Å². The van der Waals surface area contributed by atoms with E-state index in [1.807, 2.05) is 36.4 Å². The van der Waals surface area contributed by atoms with Crippen molar-refractivity contribution in [1.82, 2.24) is 19.9 Å². The molecule has 6 heteroatoms. The Hall–Kier alpha value is -6.86. The molecule has 0 unspecified atom stereocenters. The van der Waals surface area contributed by atoms with E-state index in [-0.39, 0.29) is 0 Å². The Bertz CT molecular complexity index is 3260. The SMILES string of the molecule is c1ccc(-c2nc(-c3cccc(-c4ccccc4-c4ccccc4-c4nc(-c5ccccc5)nc5sc6ccccc6c45)c3)c3c(n2)sc2ccccc23)cc1. The maximum atomic E-state index is 5.37. The molecule has 0 bridgehead atoms. The first-order chi connectivity index (χ1) is 27.8. The monoisotopic (exact) mass is 750 g/mol. The van der Waals surface area contributed by atoms with Crippen LogP contribution in [0.3, 0.4) is 0 Å². The van der Waals surface area contributed by atoms with Gasteiger partial charge >= 0.3 is 0 Å². The number of benzene rings is 7. The maximum Gasteiger partial charge on any atom is 0.161 e. The standard InChI is InChI=1S/C50H30N4S2/c1-3-16-31(17-4-1)47-51-45(43-39-26-11-13-28-41(39)55-49(43)53-47)34-21-15-20-33(30-34)35-22-7-8-23-36(35)37-24-9-10-25-38(37)46-44-40-27-12-14-29-42(40)56-50(44)54-48(52-46)32-18-5-2-6-19-32/h1-30H. The average Bonchev–Trinajstić information content (AvgIpc) is 3.85. The maximum absolute atomic E-state index is 5.37. The van der Waals surface area contributed by atoms with Gasteiger partial charge in [-0.1, -0.05) is 164 Å². The zero-order valence-corrected chi connectivity index (χ0v) is 31.6. The highest BCUT2D eigenvalue weighted by molar-refractivity contribution is 7.26. The van der Waals surface area contributed by atoms with Crippen molar-refractivity contribution in [3.63, 3.8) is 0 Å². The van der Waals surface area contributed by atoms with Crippen LogP contribution in [-0.4, -0.2) is 19.9 Å². The number of fused-ring (bicyclic) bond motifs is 6. The fourth-order valence-corrected chi connectivity index (χ4v) is 9.96. The highest BCUT2D eigenvalue weighted by Crippen LogP contribution is 2.45. The van der Waals surface area contributed by atoms with Crippen LogP contribution in [0.1, 0.15) is 0 Å². The molecule has 0 radical (unpaired) electrons. The topological polar surface area (TPSA) is 51.6 Å². The van der Waals surface area contributed by atoms with Gasteiger partial charge in [0.2, 0.25) is 0 Å². The van der Waals surface area contributed by atoms with Gasteiger partial charge in [0, 0.05) is 53.2 Å². The van der Waals surface area contributed by atoms with Crippen molar-refractivity contribution in [2.24, 2.45) is 0 Å². The zero-order chi connectivity index (χ0) is 37.0. The summed E-state index contributed by atoms with van der Waals surface area (Å²) in [7, 11) is 0. The summed E-state index contributed by atoms with van der Waals surface area (Å²) in [5.41, 5.74) is 10.5. The van der Waals surface area contributed by atoms with Crippen LogP contribution in [-0.2, 0) is 0 Å². The van der Waals surface area contributed by atoms with Crippen LogP contribution in [0.5, 0.6) is 0 Å². The number of rotatable bonds is 6. The third-order valence-corrected chi connectivity index (χ3v) is 12.5. The normalized spacial score (nSPS) is 11.6. The Morgan fingerprint density at radius 3 is 1.34 bits per heavy atom. The molecular formula is C50H30N4S2. The van der Waals surface area contributed by atoms with Gasteiger partial charge in [0.25, 0.3) is 0 Å². The molecule has 11 aromatic rings. The molecule has 4 aromatic heterocycles. The number of thiophene rings is 2. The third-order valence-electron chi connectivity index (χ3n) is 10.4. The Kier molecular flexibility index (Phi) is 7.83. The number of nitrogens with zero attached hydrogens (tertiary/aromatic N) is 4. The van der Waals surface area contributed by atoms with Crippen molar-refractivity contribution in [2.45, 2.75) is 0 Å². The fraction of sp³-hybridized carbons (Fsp3) is 0. The second-order valence-electron chi connectivity index (χ2n) is 13.8. The summed E-state index contributed by atoms with van der Waals surface area (Å²) < 4.78 is 2.40. The summed E-state index contributed by atoms with van der Waals surface area (Å²) >= 11 is 3.44. The molecule has 4 nitrogen and oxygen atoms in total. The minimum atomic E-state index is 0.724. The van der Waals surface area contributed by atoms with Crippen molar-refractivity contribution < 1.29 is 0 Å². The first kappa shape index (κ1) is 32.6. The van der Waals surface area contributed by atoms with Gasteiger partial charge in [0.15, 0.2) is 11.6 Å². The van der Waals surface area contributed by atoms with Crippen molar-refractivity contribution in [3.05, 3.63) is 182 Å². The van der Waals surface area contributed by atoms with E-state index in [9.17, 15) is 0 Å². The Balaban J connectivity index is 1.11. The number of aromatic nitrogens is 4. The molecule has 0 saturated heterocycles. The summed E-state index contributed by atoms with van der Waals surface area (Å²) in [4.78, 5) is 22.9. The molecule has 4 heterocycles. The summed E-state index contributed by atoms with van der Waals surface area (Å²) in [6, 6.07) is 63.8. The Morgan fingerprint density at radius 2 is 0.732 bits per heavy atom. The molecule has 0 aliphatic rings. The molecule has 56 heavy (non-hydrogen) atoms. The van der Waals surface area contributed by atoms with Crippen molar-refractivity contribution in [3.8, 4) is 67.5 Å². The van der Waals surface area contributed by atoms with E-state index in [4.69, 9.17) is 19.9 Å². The van der Waals surface area contributed by atoms with Crippen molar-refractivity contribution in [1.29, 1.82) is 0 Å². The molecule has 7 aromatic carbocycles. The number of hydrogen-bond acceptors (Lipinski definition) is 6. The van der Waals surface area contributed by atoms with Crippen LogP contribution in [0.15, 0.2) is 182 Å². The third kappa shape index (κ3) is 5.50. The summed E-state index contributed by atoms with van der Waals surface area (Å²) in [5.74, 6) is 1.45. The molecule has 0 aliphatic heterocycles. The quantitative estimate of drug-likeness (QED) is 0.170. The fourth-order valence-electron chi connectivity index (χ4n) is 7.81. The van der Waals surface area contributed by atoms with E-state index in [1.165, 1.54) is 20.2 Å². The number of hydrogen-bond donors (Lipinski definition) is 0. The van der Waals surface area contributed by atoms with E-state index >= 15 is 0 Å². The lowest BCUT2D eigenvalue weighted by molar-refractivity contribution is 1.24. The molecule has 0 saturated carbocycles. The van der Waals surface area contributed by atoms with Crippen LogP contribution >= 0.6 is 22.7 Å². The van der Waals surface area contributed by atoms with Crippen LogP contribution in [0.4, 0.5) is 0 Å². The van der Waals surface area contributed by atoms with E-state index < -0.39 is 0 Å². The van der Waals surface area contributed by atoms with Gasteiger partial charge in [-0.25, -0.2) is 19.9 Å². The summed E-state index contributed by atoms with van der Waals surface area (Å²) in [5, 5.41) is 4.52. The van der Waals surface area contributed by atoms with Gasteiger partial charge in [0.1, 0.15) is 9.66 Å². The van der Waals surface area contributed by atoms with Crippen LogP contribution in [0.2, 0.25) is 0 Å². The van der Waals surface area contributed by atoms with Crippen LogP contribution in [0, 0.1) is 0 Å². The van der Waals surface area contributed by atoms with E-state index in [1.54, 1.807) is 22.7 Å². The van der Waals surface area contributed by atoms with Crippen LogP contribution < -0.4 is 0 Å². The van der Waals surface area contributed by atoms with E-state index in [2.05, 4.69) is 146 Å². The lowest BCUT2D eigenvalue weighted by Gasteiger charge is -2.16. The molecule has 0 spiro atoms. The first-order valence-electron chi connectivity index (χ1n) is 18.6. The smallest absolute Gasteiger partial charge is 0.161 e. The lowest BCUT2D eigenvalue weighted by Crippen LogP contribution is -1.96. The molecular weight excluding hydrogens is 721 g/mol. The minimum Gasteiger partial charge on any atom is -0.227 e. The zero-order valence-electron chi connectivity index (χ0n) is 29.9. The largest absolute Gasteiger partial charge is 0.227 e. The molecule has 0 atom stereocenters. The predicted octanol–water partition coefficient (Wildman–Crippen LogP) is 14.0. The highest BCUT2D eigenvalue weighted by Gasteiger charge is 2.21. The average molecular weight is 751 g/mol. The summed E-state index contributed by atoms with van der Waals surface area (Å²) in [6.45, 7) is 0. The first-order valence-corrected chi connectivity index (χ1v) is 20.2. The molecule has 0 N–H and O–H groups in total. The molecule has 262 valence electrons. The predicted molar refractivity (Wildman–Crippen MR) is 236 cm³/mol. The highest BCUT2D eigenvalue weighted by atomic mass is 32.1. The van der Waals surface area contributed by atoms with Crippen molar-refractivity contribution in [2.75, 3.05) is 0 Å². The molecule has 0 aliphatic carbocycles. The van der Waals surface area contributed by atoms with Gasteiger partial charge in [-0.15, -0.1) is 22.7 Å². The van der Waals surface area contributed by atoms with Gasteiger partial charge in [0.05, 0.1) is 11.4 Å². The second kappa shape index (κ2) is 13.5. The molecule has 11 rings (SSSR count).